The number of aromatic hydroxyl groups is 1. The summed E-state index contributed by atoms with van der Waals surface area (Å²) < 4.78 is 10.0. The van der Waals surface area contributed by atoms with Gasteiger partial charge in [-0.05, 0) is 51.1 Å². The van der Waals surface area contributed by atoms with Crippen LogP contribution in [0.5, 0.6) is 11.5 Å². The zero-order chi connectivity index (χ0) is 17.4. The molecule has 0 bridgehead atoms. The second-order valence-corrected chi connectivity index (χ2v) is 5.40. The number of phenols is 1. The molecule has 0 saturated heterocycles. The third-order valence-corrected chi connectivity index (χ3v) is 2.95. The molecule has 1 rings (SSSR count). The molecule has 5 nitrogen and oxygen atoms in total. The van der Waals surface area contributed by atoms with Crippen LogP contribution in [0.1, 0.15) is 37.6 Å². The fraction of sp³-hybridized carbons (Fsp3) is 0.333. The Bertz CT molecular complexity index is 637. The van der Waals surface area contributed by atoms with Crippen molar-refractivity contribution >= 4 is 11.8 Å². The van der Waals surface area contributed by atoms with Gasteiger partial charge in [0.25, 0.3) is 0 Å². The molecule has 0 saturated carbocycles. The number of hydrogen-bond donors (Lipinski definition) is 1. The molecule has 5 heteroatoms. The highest BCUT2D eigenvalue weighted by Gasteiger charge is 2.09. The van der Waals surface area contributed by atoms with Gasteiger partial charge in [0.15, 0.2) is 17.3 Å². The summed E-state index contributed by atoms with van der Waals surface area (Å²) in [6.07, 6.45) is 3.72. The molecular weight excluding hydrogens is 296 g/mol. The predicted molar refractivity (Wildman–Crippen MR) is 87.8 cm³/mol. The van der Waals surface area contributed by atoms with Crippen LogP contribution < -0.4 is 4.74 Å². The summed E-state index contributed by atoms with van der Waals surface area (Å²) >= 11 is 0. The SMILES string of the molecule is COC(=O)c1ccc(OCC=C(C)CC(=O)C=C(C)C)c(O)c1. The number of phenolic OH excluding ortho intramolecular Hbond substituents is 1. The molecule has 0 radical (unpaired) electrons. The fourth-order valence-corrected chi connectivity index (χ4v) is 1.88. The molecule has 0 aliphatic rings. The number of ketones is 1. The Kier molecular flexibility index (Phi) is 7.06. The Morgan fingerprint density at radius 3 is 2.48 bits per heavy atom. The predicted octanol–water partition coefficient (Wildman–Crippen LogP) is 3.43. The number of benzene rings is 1. The number of allylic oxidation sites excluding steroid dienone is 3. The zero-order valence-corrected chi connectivity index (χ0v) is 13.9. The number of ether oxygens (including phenoxy) is 2. The zero-order valence-electron chi connectivity index (χ0n) is 13.9. The lowest BCUT2D eigenvalue weighted by molar-refractivity contribution is -0.114. The van der Waals surface area contributed by atoms with Gasteiger partial charge >= 0.3 is 5.97 Å². The molecule has 1 aromatic carbocycles. The summed E-state index contributed by atoms with van der Waals surface area (Å²) in [5.41, 5.74) is 2.10. The lowest BCUT2D eigenvalue weighted by Crippen LogP contribution is -2.02. The van der Waals surface area contributed by atoms with Crippen molar-refractivity contribution in [1.82, 2.24) is 0 Å². The fourth-order valence-electron chi connectivity index (χ4n) is 1.88. The first-order valence-electron chi connectivity index (χ1n) is 7.21. The Morgan fingerprint density at radius 1 is 1.22 bits per heavy atom. The summed E-state index contributed by atoms with van der Waals surface area (Å²) in [6.45, 7) is 5.82. The maximum absolute atomic E-state index is 11.6. The topological polar surface area (TPSA) is 72.8 Å². The maximum atomic E-state index is 11.6. The van der Waals surface area contributed by atoms with Crippen molar-refractivity contribution < 1.29 is 24.2 Å². The van der Waals surface area contributed by atoms with E-state index >= 15 is 0 Å². The van der Waals surface area contributed by atoms with Gasteiger partial charge in [0.1, 0.15) is 6.61 Å². The largest absolute Gasteiger partial charge is 0.504 e. The highest BCUT2D eigenvalue weighted by Crippen LogP contribution is 2.27. The van der Waals surface area contributed by atoms with E-state index in [0.717, 1.165) is 11.1 Å². The van der Waals surface area contributed by atoms with Crippen LogP contribution >= 0.6 is 0 Å². The standard InChI is InChI=1S/C18H22O5/c1-12(2)9-15(19)10-13(3)7-8-23-17-6-5-14(11-16(17)20)18(21)22-4/h5-7,9,11,20H,8,10H2,1-4H3. The van der Waals surface area contributed by atoms with Crippen LogP contribution in [-0.4, -0.2) is 30.6 Å². The van der Waals surface area contributed by atoms with Crippen LogP contribution in [0.3, 0.4) is 0 Å². The number of carbonyl (C=O) groups excluding carboxylic acids is 2. The maximum Gasteiger partial charge on any atom is 0.337 e. The van der Waals surface area contributed by atoms with Crippen LogP contribution in [-0.2, 0) is 9.53 Å². The lowest BCUT2D eigenvalue weighted by atomic mass is 10.1. The van der Waals surface area contributed by atoms with Gasteiger partial charge in [-0.3, -0.25) is 4.79 Å². The van der Waals surface area contributed by atoms with Gasteiger partial charge in [0, 0.05) is 6.42 Å². The van der Waals surface area contributed by atoms with E-state index in [1.807, 2.05) is 20.8 Å². The molecule has 0 atom stereocenters. The molecular formula is C18H22O5. The van der Waals surface area contributed by atoms with Crippen molar-refractivity contribution in [2.75, 3.05) is 13.7 Å². The molecule has 124 valence electrons. The van der Waals surface area contributed by atoms with Crippen LogP contribution in [0.2, 0.25) is 0 Å². The molecule has 0 unspecified atom stereocenters. The Balaban J connectivity index is 2.61. The minimum absolute atomic E-state index is 0.0454. The van der Waals surface area contributed by atoms with Gasteiger partial charge in [-0.2, -0.15) is 0 Å². The first-order valence-corrected chi connectivity index (χ1v) is 7.21. The third-order valence-electron chi connectivity index (χ3n) is 2.95. The summed E-state index contributed by atoms with van der Waals surface area (Å²) in [7, 11) is 1.27. The number of carbonyl (C=O) groups is 2. The first kappa shape index (κ1) is 18.5. The molecule has 23 heavy (non-hydrogen) atoms. The highest BCUT2D eigenvalue weighted by atomic mass is 16.5. The minimum Gasteiger partial charge on any atom is -0.504 e. The van der Waals surface area contributed by atoms with E-state index in [1.54, 1.807) is 12.2 Å². The summed E-state index contributed by atoms with van der Waals surface area (Å²) in [6, 6.07) is 4.30. The van der Waals surface area contributed by atoms with E-state index in [-0.39, 0.29) is 29.5 Å². The molecule has 1 aromatic rings. The number of rotatable bonds is 7. The average Bonchev–Trinajstić information content (AvgIpc) is 2.46. The second-order valence-electron chi connectivity index (χ2n) is 5.40. The monoisotopic (exact) mass is 318 g/mol. The minimum atomic E-state index is -0.527. The molecule has 0 aromatic heterocycles. The second kappa shape index (κ2) is 8.78. The molecule has 0 heterocycles. The van der Waals surface area contributed by atoms with Crippen molar-refractivity contribution in [2.24, 2.45) is 0 Å². The lowest BCUT2D eigenvalue weighted by Gasteiger charge is -2.08. The van der Waals surface area contributed by atoms with Gasteiger partial charge in [0.05, 0.1) is 12.7 Å². The van der Waals surface area contributed by atoms with Crippen molar-refractivity contribution in [3.63, 3.8) is 0 Å². The van der Waals surface area contributed by atoms with Crippen molar-refractivity contribution in [1.29, 1.82) is 0 Å². The van der Waals surface area contributed by atoms with E-state index in [4.69, 9.17) is 4.74 Å². The highest BCUT2D eigenvalue weighted by molar-refractivity contribution is 5.91. The Labute approximate surface area is 136 Å². The molecule has 1 N–H and O–H groups in total. The summed E-state index contributed by atoms with van der Waals surface area (Å²) in [5, 5.41) is 9.83. The summed E-state index contributed by atoms with van der Waals surface area (Å²) in [4.78, 5) is 23.0. The van der Waals surface area contributed by atoms with E-state index in [0.29, 0.717) is 6.42 Å². The smallest absolute Gasteiger partial charge is 0.337 e. The number of hydrogen-bond acceptors (Lipinski definition) is 5. The van der Waals surface area contributed by atoms with Gasteiger partial charge < -0.3 is 14.6 Å². The van der Waals surface area contributed by atoms with Crippen molar-refractivity contribution in [3.05, 3.63) is 47.1 Å². The Morgan fingerprint density at radius 2 is 1.91 bits per heavy atom. The quantitative estimate of drug-likeness (QED) is 0.474. The molecule has 0 aliphatic carbocycles. The average molecular weight is 318 g/mol. The Hall–Kier alpha value is -2.56. The van der Waals surface area contributed by atoms with Gasteiger partial charge in [-0.1, -0.05) is 11.1 Å². The first-order chi connectivity index (χ1) is 10.8. The van der Waals surface area contributed by atoms with Crippen LogP contribution in [0.25, 0.3) is 0 Å². The molecule has 0 aliphatic heterocycles. The van der Waals surface area contributed by atoms with Crippen LogP contribution in [0, 0.1) is 0 Å². The number of esters is 1. The van der Waals surface area contributed by atoms with Gasteiger partial charge in [-0.15, -0.1) is 0 Å². The normalized spacial score (nSPS) is 10.9. The molecule has 0 spiro atoms. The van der Waals surface area contributed by atoms with Crippen LogP contribution in [0.4, 0.5) is 0 Å². The van der Waals surface area contributed by atoms with E-state index in [1.165, 1.54) is 25.3 Å². The van der Waals surface area contributed by atoms with Gasteiger partial charge in [0.2, 0.25) is 0 Å². The van der Waals surface area contributed by atoms with E-state index in [9.17, 15) is 14.7 Å². The number of methoxy groups -OCH3 is 1. The van der Waals surface area contributed by atoms with E-state index in [2.05, 4.69) is 4.74 Å². The molecule has 0 fully saturated rings. The van der Waals surface area contributed by atoms with Crippen molar-refractivity contribution in [2.45, 2.75) is 27.2 Å². The van der Waals surface area contributed by atoms with Crippen LogP contribution in [0.15, 0.2) is 41.5 Å². The van der Waals surface area contributed by atoms with Gasteiger partial charge in [-0.25, -0.2) is 4.79 Å². The summed E-state index contributed by atoms with van der Waals surface area (Å²) in [5.74, 6) is -0.360. The molecule has 0 amide bonds. The third kappa shape index (κ3) is 6.38. The van der Waals surface area contributed by atoms with E-state index < -0.39 is 5.97 Å². The van der Waals surface area contributed by atoms with Crippen molar-refractivity contribution in [3.8, 4) is 11.5 Å².